The third-order valence-corrected chi connectivity index (χ3v) is 4.61. The zero-order valence-electron chi connectivity index (χ0n) is 16.2. The number of non-ortho nitro benzene ring substituents is 1. The van der Waals surface area contributed by atoms with E-state index in [0.717, 1.165) is 11.6 Å². The van der Waals surface area contributed by atoms with E-state index >= 15 is 0 Å². The molecule has 0 bridgehead atoms. The number of nitrogens with zero attached hydrogens (tertiary/aromatic N) is 2. The topological polar surface area (TPSA) is 111 Å². The number of ether oxygens (including phenoxy) is 1. The number of hydrazone groups is 1. The Kier molecular flexibility index (Phi) is 6.88. The molecule has 0 aromatic heterocycles. The molecule has 9 heteroatoms. The molecule has 0 aliphatic carbocycles. The summed E-state index contributed by atoms with van der Waals surface area (Å²) in [4.78, 5) is 34.9. The fourth-order valence-corrected chi connectivity index (χ4v) is 3.01. The van der Waals surface area contributed by atoms with E-state index < -0.39 is 16.8 Å². The maximum Gasteiger partial charge on any atom is 0.343 e. The second kappa shape index (κ2) is 9.77. The lowest BCUT2D eigenvalue weighted by molar-refractivity contribution is -0.384. The molecule has 1 N–H and O–H groups in total. The number of rotatable bonds is 6. The lowest BCUT2D eigenvalue weighted by Gasteiger charge is -2.08. The predicted octanol–water partition coefficient (Wildman–Crippen LogP) is 4.65. The van der Waals surface area contributed by atoms with Crippen LogP contribution in [0, 0.1) is 17.0 Å². The highest BCUT2D eigenvalue weighted by molar-refractivity contribution is 9.10. The number of halogens is 1. The van der Waals surface area contributed by atoms with Gasteiger partial charge in [-0.3, -0.25) is 14.9 Å². The Morgan fingerprint density at radius 3 is 2.55 bits per heavy atom. The zero-order chi connectivity index (χ0) is 22.4. The zero-order valence-corrected chi connectivity index (χ0v) is 17.8. The number of aryl methyl sites for hydroxylation is 1. The lowest BCUT2D eigenvalue weighted by Crippen LogP contribution is -2.18. The van der Waals surface area contributed by atoms with Crippen LogP contribution in [0.3, 0.4) is 0 Å². The number of amides is 1. The summed E-state index contributed by atoms with van der Waals surface area (Å²) < 4.78 is 6.20. The molecule has 8 nitrogen and oxygen atoms in total. The molecule has 0 heterocycles. The normalized spacial score (nSPS) is 10.6. The SMILES string of the molecule is Cc1cccc(C(=O)Oc2ccc(Br)cc2/C=N\NC(=O)c2cccc([N+](=O)[O-])c2)c1. The summed E-state index contributed by atoms with van der Waals surface area (Å²) in [5.41, 5.74) is 3.97. The highest BCUT2D eigenvalue weighted by Crippen LogP contribution is 2.23. The second-order valence-electron chi connectivity index (χ2n) is 6.45. The van der Waals surface area contributed by atoms with Crippen molar-refractivity contribution in [3.05, 3.63) is 104 Å². The van der Waals surface area contributed by atoms with Gasteiger partial charge >= 0.3 is 5.97 Å². The molecule has 0 aliphatic rings. The number of esters is 1. The first kappa shape index (κ1) is 21.8. The van der Waals surface area contributed by atoms with Gasteiger partial charge in [0.2, 0.25) is 0 Å². The standard InChI is InChI=1S/C22H16BrN3O5/c1-14-4-2-6-16(10-14)22(28)31-20-9-8-18(23)11-17(20)13-24-25-21(27)15-5-3-7-19(12-15)26(29)30/h2-13H,1H3,(H,25,27)/b24-13-. The summed E-state index contributed by atoms with van der Waals surface area (Å²) >= 11 is 3.34. The van der Waals surface area contributed by atoms with E-state index in [4.69, 9.17) is 4.74 Å². The number of hydrogen-bond acceptors (Lipinski definition) is 6. The fraction of sp³-hybridized carbons (Fsp3) is 0.0455. The Bertz CT molecular complexity index is 1190. The first-order chi connectivity index (χ1) is 14.8. The van der Waals surface area contributed by atoms with Gasteiger partial charge in [-0.1, -0.05) is 39.7 Å². The summed E-state index contributed by atoms with van der Waals surface area (Å²) in [7, 11) is 0. The quantitative estimate of drug-likeness (QED) is 0.181. The molecule has 3 aromatic rings. The summed E-state index contributed by atoms with van der Waals surface area (Å²) in [6.07, 6.45) is 1.32. The van der Waals surface area contributed by atoms with E-state index in [0.29, 0.717) is 15.6 Å². The smallest absolute Gasteiger partial charge is 0.343 e. The number of carbonyl (C=O) groups is 2. The number of carbonyl (C=O) groups excluding carboxylic acids is 2. The van der Waals surface area contributed by atoms with Crippen LogP contribution in [0.15, 0.2) is 76.3 Å². The first-order valence-corrected chi connectivity index (χ1v) is 9.79. The van der Waals surface area contributed by atoms with Crippen molar-refractivity contribution in [2.24, 2.45) is 5.10 Å². The van der Waals surface area contributed by atoms with Gasteiger partial charge < -0.3 is 4.74 Å². The number of nitrogens with one attached hydrogen (secondary N) is 1. The third kappa shape index (κ3) is 5.83. The first-order valence-electron chi connectivity index (χ1n) is 9.00. The molecule has 0 atom stereocenters. The minimum absolute atomic E-state index is 0.0895. The van der Waals surface area contributed by atoms with Crippen LogP contribution in [0.2, 0.25) is 0 Å². The summed E-state index contributed by atoms with van der Waals surface area (Å²) in [5.74, 6) is -0.891. The van der Waals surface area contributed by atoms with Gasteiger partial charge in [0.15, 0.2) is 0 Å². The van der Waals surface area contributed by atoms with Crippen molar-refractivity contribution < 1.29 is 19.2 Å². The van der Waals surface area contributed by atoms with Gasteiger partial charge in [0, 0.05) is 27.7 Å². The lowest BCUT2D eigenvalue weighted by atomic mass is 10.1. The molecule has 3 aromatic carbocycles. The maximum absolute atomic E-state index is 12.5. The Balaban J connectivity index is 1.75. The average Bonchev–Trinajstić information content (AvgIpc) is 2.75. The number of nitro benzene ring substituents is 1. The van der Waals surface area contributed by atoms with Crippen LogP contribution >= 0.6 is 15.9 Å². The Hall–Kier alpha value is -3.85. The van der Waals surface area contributed by atoms with Crippen LogP contribution in [0.1, 0.15) is 31.8 Å². The molecule has 0 saturated heterocycles. The van der Waals surface area contributed by atoms with E-state index in [1.54, 1.807) is 36.4 Å². The molecule has 0 radical (unpaired) electrons. The van der Waals surface area contributed by atoms with Crippen LogP contribution < -0.4 is 10.2 Å². The van der Waals surface area contributed by atoms with E-state index in [1.807, 2.05) is 13.0 Å². The van der Waals surface area contributed by atoms with Crippen molar-refractivity contribution in [2.75, 3.05) is 0 Å². The van der Waals surface area contributed by atoms with E-state index in [-0.39, 0.29) is 17.0 Å². The van der Waals surface area contributed by atoms with Crippen molar-refractivity contribution in [3.63, 3.8) is 0 Å². The second-order valence-corrected chi connectivity index (χ2v) is 7.36. The molecule has 0 spiro atoms. The molecule has 0 unspecified atom stereocenters. The minimum atomic E-state index is -0.617. The molecule has 0 aliphatic heterocycles. The molecule has 0 saturated carbocycles. The largest absolute Gasteiger partial charge is 0.422 e. The van der Waals surface area contributed by atoms with Gasteiger partial charge in [-0.2, -0.15) is 5.10 Å². The minimum Gasteiger partial charge on any atom is -0.422 e. The van der Waals surface area contributed by atoms with E-state index in [1.165, 1.54) is 24.4 Å². The average molecular weight is 482 g/mol. The van der Waals surface area contributed by atoms with Crippen LogP contribution in [-0.4, -0.2) is 23.0 Å². The Morgan fingerprint density at radius 1 is 1.06 bits per heavy atom. The van der Waals surface area contributed by atoms with Crippen LogP contribution in [0.5, 0.6) is 5.75 Å². The summed E-state index contributed by atoms with van der Waals surface area (Å²) in [6, 6.07) is 17.3. The Morgan fingerprint density at radius 2 is 1.81 bits per heavy atom. The molecule has 31 heavy (non-hydrogen) atoms. The molecule has 0 fully saturated rings. The summed E-state index contributed by atoms with van der Waals surface area (Å²) in [6.45, 7) is 1.87. The van der Waals surface area contributed by atoms with Crippen LogP contribution in [0.4, 0.5) is 5.69 Å². The van der Waals surface area contributed by atoms with Crippen molar-refractivity contribution >= 4 is 39.7 Å². The number of hydrogen-bond donors (Lipinski definition) is 1. The van der Waals surface area contributed by atoms with Crippen molar-refractivity contribution in [1.82, 2.24) is 5.43 Å². The van der Waals surface area contributed by atoms with E-state index in [9.17, 15) is 19.7 Å². The molecule has 156 valence electrons. The van der Waals surface area contributed by atoms with Gasteiger partial charge in [0.25, 0.3) is 11.6 Å². The van der Waals surface area contributed by atoms with Crippen molar-refractivity contribution in [1.29, 1.82) is 0 Å². The molecule has 1 amide bonds. The predicted molar refractivity (Wildman–Crippen MR) is 118 cm³/mol. The number of nitro groups is 1. The molecular weight excluding hydrogens is 466 g/mol. The van der Waals surface area contributed by atoms with Crippen LogP contribution in [0.25, 0.3) is 0 Å². The van der Waals surface area contributed by atoms with Crippen LogP contribution in [-0.2, 0) is 0 Å². The molecular formula is C22H16BrN3O5. The van der Waals surface area contributed by atoms with Gasteiger partial charge in [-0.15, -0.1) is 0 Å². The third-order valence-electron chi connectivity index (χ3n) is 4.12. The van der Waals surface area contributed by atoms with E-state index in [2.05, 4.69) is 26.5 Å². The Labute approximate surface area is 185 Å². The van der Waals surface area contributed by atoms with Gasteiger partial charge in [0.05, 0.1) is 16.7 Å². The van der Waals surface area contributed by atoms with Crippen molar-refractivity contribution in [3.8, 4) is 5.75 Å². The van der Waals surface area contributed by atoms with Gasteiger partial charge in [-0.05, 0) is 43.3 Å². The van der Waals surface area contributed by atoms with Crippen molar-refractivity contribution in [2.45, 2.75) is 6.92 Å². The molecule has 3 rings (SSSR count). The highest BCUT2D eigenvalue weighted by atomic mass is 79.9. The summed E-state index contributed by atoms with van der Waals surface area (Å²) in [5, 5.41) is 14.7. The monoisotopic (exact) mass is 481 g/mol. The highest BCUT2D eigenvalue weighted by Gasteiger charge is 2.13. The van der Waals surface area contributed by atoms with Gasteiger partial charge in [0.1, 0.15) is 5.75 Å². The van der Waals surface area contributed by atoms with Gasteiger partial charge in [-0.25, -0.2) is 10.2 Å². The maximum atomic E-state index is 12.5. The number of benzene rings is 3. The fourth-order valence-electron chi connectivity index (χ4n) is 2.63.